The molecule has 0 aliphatic carbocycles. The standard InChI is InChI=1S/C19H19F3N4O/c20-19(21,22)15-6-4-5-14(11-15)16-12-18(25-17(13-23)24-16)27-10-9-26-7-2-1-3-8-26/h4-6,11-12H,1-3,7-10H2. The Morgan fingerprint density at radius 3 is 2.59 bits per heavy atom. The van der Waals surface area contributed by atoms with Crippen molar-refractivity contribution in [2.45, 2.75) is 25.4 Å². The molecule has 0 spiro atoms. The molecule has 2 heterocycles. The van der Waals surface area contributed by atoms with E-state index in [-0.39, 0.29) is 23.0 Å². The first-order valence-corrected chi connectivity index (χ1v) is 8.78. The molecule has 0 radical (unpaired) electrons. The van der Waals surface area contributed by atoms with E-state index in [1.54, 1.807) is 0 Å². The van der Waals surface area contributed by atoms with Crippen molar-refractivity contribution in [2.24, 2.45) is 0 Å². The Hall–Kier alpha value is -2.66. The van der Waals surface area contributed by atoms with Gasteiger partial charge in [-0.2, -0.15) is 23.4 Å². The molecule has 5 nitrogen and oxygen atoms in total. The second-order valence-electron chi connectivity index (χ2n) is 6.36. The van der Waals surface area contributed by atoms with Crippen LogP contribution in [0.25, 0.3) is 11.3 Å². The van der Waals surface area contributed by atoms with E-state index in [0.29, 0.717) is 6.61 Å². The Morgan fingerprint density at radius 2 is 1.89 bits per heavy atom. The summed E-state index contributed by atoms with van der Waals surface area (Å²) in [5.41, 5.74) is -0.296. The molecule has 2 aromatic rings. The van der Waals surface area contributed by atoms with Crippen LogP contribution in [0.1, 0.15) is 30.7 Å². The molecule has 1 aliphatic rings. The van der Waals surface area contributed by atoms with Crippen LogP contribution in [0.5, 0.6) is 5.88 Å². The molecular formula is C19H19F3N4O. The van der Waals surface area contributed by atoms with E-state index in [4.69, 9.17) is 10.00 Å². The maximum Gasteiger partial charge on any atom is 0.416 e. The van der Waals surface area contributed by atoms with E-state index in [1.165, 1.54) is 37.5 Å². The van der Waals surface area contributed by atoms with Gasteiger partial charge >= 0.3 is 6.18 Å². The summed E-state index contributed by atoms with van der Waals surface area (Å²) >= 11 is 0. The predicted octanol–water partition coefficient (Wildman–Crippen LogP) is 3.90. The molecule has 0 amide bonds. The van der Waals surface area contributed by atoms with Gasteiger partial charge in [-0.25, -0.2) is 4.98 Å². The van der Waals surface area contributed by atoms with Gasteiger partial charge < -0.3 is 4.74 Å². The number of alkyl halides is 3. The summed E-state index contributed by atoms with van der Waals surface area (Å²) in [7, 11) is 0. The highest BCUT2D eigenvalue weighted by atomic mass is 19.4. The summed E-state index contributed by atoms with van der Waals surface area (Å²) in [6.07, 6.45) is -0.860. The van der Waals surface area contributed by atoms with Crippen LogP contribution in [0.3, 0.4) is 0 Å². The highest BCUT2D eigenvalue weighted by Crippen LogP contribution is 2.32. The maximum absolute atomic E-state index is 12.9. The van der Waals surface area contributed by atoms with Gasteiger partial charge in [-0.05, 0) is 38.1 Å². The third-order valence-electron chi connectivity index (χ3n) is 4.39. The van der Waals surface area contributed by atoms with Gasteiger partial charge in [-0.1, -0.05) is 18.6 Å². The zero-order chi connectivity index (χ0) is 19.3. The minimum Gasteiger partial charge on any atom is -0.476 e. The lowest BCUT2D eigenvalue weighted by Gasteiger charge is -2.26. The van der Waals surface area contributed by atoms with E-state index >= 15 is 0 Å². The molecule has 1 fully saturated rings. The maximum atomic E-state index is 12.9. The molecule has 0 atom stereocenters. The second-order valence-corrected chi connectivity index (χ2v) is 6.36. The van der Waals surface area contributed by atoms with Crippen LogP contribution in [0.4, 0.5) is 13.2 Å². The molecule has 0 saturated carbocycles. The van der Waals surface area contributed by atoms with Crippen LogP contribution in [0.15, 0.2) is 30.3 Å². The Bertz CT molecular complexity index is 826. The van der Waals surface area contributed by atoms with E-state index in [9.17, 15) is 13.2 Å². The van der Waals surface area contributed by atoms with E-state index in [1.807, 2.05) is 6.07 Å². The number of ether oxygens (including phenoxy) is 1. The fourth-order valence-corrected chi connectivity index (χ4v) is 3.01. The van der Waals surface area contributed by atoms with Crippen molar-refractivity contribution in [3.05, 3.63) is 41.7 Å². The number of likely N-dealkylation sites (tertiary alicyclic amines) is 1. The van der Waals surface area contributed by atoms with Crippen LogP contribution in [0.2, 0.25) is 0 Å². The number of nitrogens with zero attached hydrogens (tertiary/aromatic N) is 4. The van der Waals surface area contributed by atoms with Crippen LogP contribution < -0.4 is 4.74 Å². The van der Waals surface area contributed by atoms with Gasteiger partial charge in [0.25, 0.3) is 0 Å². The molecule has 8 heteroatoms. The van der Waals surface area contributed by atoms with E-state index in [0.717, 1.165) is 31.8 Å². The second kappa shape index (κ2) is 8.35. The van der Waals surface area contributed by atoms with Gasteiger partial charge in [0.2, 0.25) is 11.7 Å². The topological polar surface area (TPSA) is 62.0 Å². The first-order valence-electron chi connectivity index (χ1n) is 8.78. The molecule has 1 aliphatic heterocycles. The number of halogens is 3. The lowest BCUT2D eigenvalue weighted by Crippen LogP contribution is -2.33. The first kappa shape index (κ1) is 19.1. The largest absolute Gasteiger partial charge is 0.476 e. The predicted molar refractivity (Wildman–Crippen MR) is 93.0 cm³/mol. The number of hydrogen-bond acceptors (Lipinski definition) is 5. The van der Waals surface area contributed by atoms with Gasteiger partial charge in [0.05, 0.1) is 11.3 Å². The summed E-state index contributed by atoms with van der Waals surface area (Å²) in [6.45, 7) is 3.20. The lowest BCUT2D eigenvalue weighted by molar-refractivity contribution is -0.137. The Morgan fingerprint density at radius 1 is 1.11 bits per heavy atom. The molecule has 0 unspecified atom stereocenters. The highest BCUT2D eigenvalue weighted by Gasteiger charge is 2.30. The molecule has 1 aromatic carbocycles. The van der Waals surface area contributed by atoms with Crippen molar-refractivity contribution in [3.63, 3.8) is 0 Å². The Labute approximate surface area is 155 Å². The average molecular weight is 376 g/mol. The van der Waals surface area contributed by atoms with Gasteiger partial charge in [-0.3, -0.25) is 4.90 Å². The van der Waals surface area contributed by atoms with Crippen LogP contribution >= 0.6 is 0 Å². The van der Waals surface area contributed by atoms with Crippen LogP contribution in [-0.4, -0.2) is 41.1 Å². The fourth-order valence-electron chi connectivity index (χ4n) is 3.01. The third-order valence-corrected chi connectivity index (χ3v) is 4.39. The summed E-state index contributed by atoms with van der Waals surface area (Å²) in [6, 6.07) is 8.10. The van der Waals surface area contributed by atoms with Gasteiger partial charge in [0.15, 0.2) is 0 Å². The first-order chi connectivity index (χ1) is 13.0. The number of hydrogen-bond donors (Lipinski definition) is 0. The number of benzene rings is 1. The molecule has 27 heavy (non-hydrogen) atoms. The molecule has 1 aromatic heterocycles. The number of piperidine rings is 1. The third kappa shape index (κ3) is 5.17. The molecule has 142 valence electrons. The monoisotopic (exact) mass is 376 g/mol. The minimum absolute atomic E-state index is 0.141. The van der Waals surface area contributed by atoms with Crippen LogP contribution in [0, 0.1) is 11.3 Å². The molecular weight excluding hydrogens is 357 g/mol. The van der Waals surface area contributed by atoms with E-state index < -0.39 is 11.7 Å². The summed E-state index contributed by atoms with van der Waals surface area (Å²) in [4.78, 5) is 10.3. The number of rotatable bonds is 5. The number of aromatic nitrogens is 2. The minimum atomic E-state index is -4.45. The van der Waals surface area contributed by atoms with Crippen molar-refractivity contribution in [2.75, 3.05) is 26.2 Å². The van der Waals surface area contributed by atoms with Crippen molar-refractivity contribution in [1.82, 2.24) is 14.9 Å². The number of nitriles is 1. The van der Waals surface area contributed by atoms with Gasteiger partial charge in [-0.15, -0.1) is 0 Å². The summed E-state index contributed by atoms with van der Waals surface area (Å²) in [5, 5.41) is 9.13. The SMILES string of the molecule is N#Cc1nc(OCCN2CCCCC2)cc(-c2cccc(C(F)(F)F)c2)n1. The van der Waals surface area contributed by atoms with E-state index in [2.05, 4.69) is 14.9 Å². The highest BCUT2D eigenvalue weighted by molar-refractivity contribution is 5.61. The smallest absolute Gasteiger partial charge is 0.416 e. The lowest BCUT2D eigenvalue weighted by atomic mass is 10.1. The van der Waals surface area contributed by atoms with Gasteiger partial charge in [0.1, 0.15) is 12.7 Å². The molecule has 3 rings (SSSR count). The summed E-state index contributed by atoms with van der Waals surface area (Å²) in [5.74, 6) is 0.0452. The van der Waals surface area contributed by atoms with Gasteiger partial charge in [0, 0.05) is 18.2 Å². The Kier molecular flexibility index (Phi) is 5.91. The average Bonchev–Trinajstić information content (AvgIpc) is 2.68. The quantitative estimate of drug-likeness (QED) is 0.792. The van der Waals surface area contributed by atoms with Crippen molar-refractivity contribution < 1.29 is 17.9 Å². The Balaban J connectivity index is 1.76. The zero-order valence-electron chi connectivity index (χ0n) is 14.7. The van der Waals surface area contributed by atoms with Crippen molar-refractivity contribution in [3.8, 4) is 23.2 Å². The fraction of sp³-hybridized carbons (Fsp3) is 0.421. The zero-order valence-corrected chi connectivity index (χ0v) is 14.7. The van der Waals surface area contributed by atoms with Crippen LogP contribution in [-0.2, 0) is 6.18 Å². The normalized spacial score (nSPS) is 15.3. The molecule has 1 saturated heterocycles. The van der Waals surface area contributed by atoms with Crippen molar-refractivity contribution in [1.29, 1.82) is 5.26 Å². The molecule has 0 N–H and O–H groups in total. The summed E-state index contributed by atoms with van der Waals surface area (Å²) < 4.78 is 44.5. The van der Waals surface area contributed by atoms with Crippen molar-refractivity contribution >= 4 is 0 Å². The molecule has 0 bridgehead atoms.